The van der Waals surface area contributed by atoms with Gasteiger partial charge in [0.05, 0.1) is 0 Å². The zero-order chi connectivity index (χ0) is 46.1. The molecule has 0 aliphatic rings. The van der Waals surface area contributed by atoms with Crippen molar-refractivity contribution in [1.82, 2.24) is 5.32 Å². The highest BCUT2D eigenvalue weighted by molar-refractivity contribution is 7.99. The van der Waals surface area contributed by atoms with Crippen LogP contribution in [0.3, 0.4) is 0 Å². The molecule has 372 valence electrons. The first-order valence-electron chi connectivity index (χ1n) is 27.3. The number of carbonyl (C=O) groups excluding carboxylic acids is 4. The molecule has 0 aromatic rings. The van der Waals surface area contributed by atoms with Gasteiger partial charge in [0, 0.05) is 30.8 Å². The van der Waals surface area contributed by atoms with E-state index in [-0.39, 0.29) is 30.2 Å². The summed E-state index contributed by atoms with van der Waals surface area (Å²) in [7, 11) is 0. The molecule has 8 nitrogen and oxygen atoms in total. The molecule has 0 radical (unpaired) electrons. The fraction of sp³-hybridized carbons (Fsp3) is 0.926. The number of primary amides is 1. The van der Waals surface area contributed by atoms with Crippen LogP contribution in [0.4, 0.5) is 0 Å². The Morgan fingerprint density at radius 2 is 0.714 bits per heavy atom. The molecule has 0 heterocycles. The van der Waals surface area contributed by atoms with Crippen LogP contribution < -0.4 is 11.1 Å². The van der Waals surface area contributed by atoms with Gasteiger partial charge in [0.1, 0.15) is 18.8 Å². The zero-order valence-electron chi connectivity index (χ0n) is 41.9. The van der Waals surface area contributed by atoms with E-state index in [0.717, 1.165) is 57.8 Å². The Hall–Kier alpha value is -1.77. The second-order valence-corrected chi connectivity index (χ2v) is 19.9. The predicted octanol–water partition coefficient (Wildman–Crippen LogP) is 15.6. The largest absolute Gasteiger partial charge is 0.462 e. The Balaban J connectivity index is 4.59. The van der Waals surface area contributed by atoms with E-state index < -0.39 is 18.1 Å². The Bertz CT molecular complexity index is 1030. The number of thioether (sulfide) groups is 1. The van der Waals surface area contributed by atoms with Crippen LogP contribution in [0.15, 0.2) is 0 Å². The van der Waals surface area contributed by atoms with Gasteiger partial charge < -0.3 is 20.5 Å². The maximum absolute atomic E-state index is 12.9. The highest BCUT2D eigenvalue weighted by atomic mass is 32.2. The molecule has 0 bridgehead atoms. The lowest BCUT2D eigenvalue weighted by molar-refractivity contribution is -0.157. The number of unbranched alkanes of at least 4 members (excludes halogenated alkanes) is 36. The van der Waals surface area contributed by atoms with Crippen LogP contribution in [0.25, 0.3) is 0 Å². The van der Waals surface area contributed by atoms with Crippen LogP contribution >= 0.6 is 11.8 Å². The van der Waals surface area contributed by atoms with Crippen molar-refractivity contribution in [3.8, 4) is 0 Å². The van der Waals surface area contributed by atoms with Gasteiger partial charge in [-0.15, -0.1) is 0 Å². The summed E-state index contributed by atoms with van der Waals surface area (Å²) in [6.07, 6.45) is 48.9. The first-order valence-corrected chi connectivity index (χ1v) is 28.5. The third-order valence-electron chi connectivity index (χ3n) is 12.5. The van der Waals surface area contributed by atoms with Crippen molar-refractivity contribution in [2.24, 2.45) is 5.73 Å². The van der Waals surface area contributed by atoms with E-state index in [1.807, 2.05) is 0 Å². The fourth-order valence-electron chi connectivity index (χ4n) is 8.28. The number of hydrogen-bond acceptors (Lipinski definition) is 7. The minimum Gasteiger partial charge on any atom is -0.462 e. The number of rotatable bonds is 51. The minimum absolute atomic E-state index is 0.0126. The van der Waals surface area contributed by atoms with Crippen molar-refractivity contribution in [2.75, 3.05) is 18.1 Å². The standard InChI is InChI=1S/C54H104N2O6S/c1-4-7-10-13-16-19-22-25-28-31-34-37-40-43-51(57)56-50(54(55)60)48-63-47-49(62-53(59)45-42-39-36-33-30-27-24-21-18-15-12-9-6-3)46-61-52(58)44-41-38-35-32-29-26-23-20-17-14-11-8-5-2/h49-50H,4-48H2,1-3H3,(H2,55,60)(H,56,57)/t49-,50+/m0/s1. The lowest BCUT2D eigenvalue weighted by atomic mass is 10.0. The topological polar surface area (TPSA) is 125 Å². The molecular formula is C54H104N2O6S. The van der Waals surface area contributed by atoms with Crippen molar-refractivity contribution in [3.63, 3.8) is 0 Å². The van der Waals surface area contributed by atoms with Gasteiger partial charge in [0.15, 0.2) is 0 Å². The molecule has 3 N–H and O–H groups in total. The number of hydrogen-bond donors (Lipinski definition) is 2. The molecule has 0 fully saturated rings. The summed E-state index contributed by atoms with van der Waals surface area (Å²) in [6.45, 7) is 6.77. The van der Waals surface area contributed by atoms with Crippen LogP contribution in [0, 0.1) is 0 Å². The lowest BCUT2D eigenvalue weighted by Crippen LogP contribution is -2.46. The molecule has 0 aliphatic carbocycles. The second-order valence-electron chi connectivity index (χ2n) is 18.8. The molecule has 0 aliphatic heterocycles. The van der Waals surface area contributed by atoms with E-state index in [1.165, 1.54) is 204 Å². The Morgan fingerprint density at radius 1 is 0.413 bits per heavy atom. The van der Waals surface area contributed by atoms with Gasteiger partial charge in [-0.25, -0.2) is 0 Å². The molecule has 0 spiro atoms. The van der Waals surface area contributed by atoms with Crippen molar-refractivity contribution >= 4 is 35.5 Å². The first kappa shape index (κ1) is 61.2. The Labute approximate surface area is 394 Å². The van der Waals surface area contributed by atoms with Crippen LogP contribution in [0.5, 0.6) is 0 Å². The number of nitrogens with one attached hydrogen (secondary N) is 1. The molecule has 63 heavy (non-hydrogen) atoms. The molecular weight excluding hydrogens is 805 g/mol. The Kier molecular flexibility index (Phi) is 48.3. The smallest absolute Gasteiger partial charge is 0.306 e. The van der Waals surface area contributed by atoms with E-state index in [0.29, 0.717) is 25.0 Å². The summed E-state index contributed by atoms with van der Waals surface area (Å²) < 4.78 is 11.5. The van der Waals surface area contributed by atoms with E-state index in [2.05, 4.69) is 26.1 Å². The summed E-state index contributed by atoms with van der Waals surface area (Å²) in [5.41, 5.74) is 5.70. The minimum atomic E-state index is -0.815. The van der Waals surface area contributed by atoms with Crippen LogP contribution in [-0.2, 0) is 28.7 Å². The first-order chi connectivity index (χ1) is 30.8. The molecule has 0 saturated carbocycles. The molecule has 2 atom stereocenters. The van der Waals surface area contributed by atoms with Gasteiger partial charge in [-0.3, -0.25) is 19.2 Å². The third-order valence-corrected chi connectivity index (χ3v) is 13.6. The molecule has 0 aromatic heterocycles. The average molecular weight is 910 g/mol. The summed E-state index contributed by atoms with van der Waals surface area (Å²) >= 11 is 1.38. The van der Waals surface area contributed by atoms with Gasteiger partial charge in [-0.1, -0.05) is 252 Å². The van der Waals surface area contributed by atoms with E-state index in [1.54, 1.807) is 0 Å². The number of esters is 2. The van der Waals surface area contributed by atoms with Gasteiger partial charge in [-0.05, 0) is 19.3 Å². The van der Waals surface area contributed by atoms with E-state index >= 15 is 0 Å². The molecule has 9 heteroatoms. The normalized spacial score (nSPS) is 12.3. The van der Waals surface area contributed by atoms with Crippen molar-refractivity contribution in [3.05, 3.63) is 0 Å². The molecule has 0 unspecified atom stereocenters. The second kappa shape index (κ2) is 49.7. The summed E-state index contributed by atoms with van der Waals surface area (Å²) in [4.78, 5) is 50.6. The molecule has 0 rings (SSSR count). The average Bonchev–Trinajstić information content (AvgIpc) is 3.27. The summed E-state index contributed by atoms with van der Waals surface area (Å²) in [5, 5.41) is 2.82. The highest BCUT2D eigenvalue weighted by Gasteiger charge is 2.22. The monoisotopic (exact) mass is 909 g/mol. The van der Waals surface area contributed by atoms with Gasteiger partial charge in [0.25, 0.3) is 0 Å². The van der Waals surface area contributed by atoms with E-state index in [4.69, 9.17) is 15.2 Å². The molecule has 0 aromatic carbocycles. The summed E-state index contributed by atoms with van der Waals surface area (Å²) in [5.74, 6) is -0.689. The Morgan fingerprint density at radius 3 is 1.05 bits per heavy atom. The van der Waals surface area contributed by atoms with Gasteiger partial charge in [-0.2, -0.15) is 11.8 Å². The van der Waals surface area contributed by atoms with E-state index in [9.17, 15) is 19.2 Å². The van der Waals surface area contributed by atoms with Crippen LogP contribution in [0.2, 0.25) is 0 Å². The summed E-state index contributed by atoms with van der Waals surface area (Å²) in [6, 6.07) is -0.815. The zero-order valence-corrected chi connectivity index (χ0v) is 42.7. The third kappa shape index (κ3) is 46.6. The maximum Gasteiger partial charge on any atom is 0.306 e. The predicted molar refractivity (Wildman–Crippen MR) is 270 cm³/mol. The van der Waals surface area contributed by atoms with Crippen LogP contribution in [0.1, 0.15) is 290 Å². The van der Waals surface area contributed by atoms with Crippen molar-refractivity contribution in [1.29, 1.82) is 0 Å². The van der Waals surface area contributed by atoms with Crippen LogP contribution in [-0.4, -0.2) is 54.0 Å². The number of amides is 2. The SMILES string of the molecule is CCCCCCCCCCCCCCCC(=O)N[C@H](CSC[C@H](COC(=O)CCCCCCCCCCCCCCC)OC(=O)CCCCCCCCCCCCCCC)C(N)=O. The quantitative estimate of drug-likeness (QED) is 0.0460. The molecule has 0 saturated heterocycles. The highest BCUT2D eigenvalue weighted by Crippen LogP contribution is 2.17. The number of ether oxygens (including phenoxy) is 2. The van der Waals surface area contributed by atoms with Crippen molar-refractivity contribution in [2.45, 2.75) is 303 Å². The number of carbonyl (C=O) groups is 4. The van der Waals surface area contributed by atoms with Gasteiger partial charge >= 0.3 is 11.9 Å². The van der Waals surface area contributed by atoms with Crippen molar-refractivity contribution < 1.29 is 28.7 Å². The maximum atomic E-state index is 12.9. The van der Waals surface area contributed by atoms with Gasteiger partial charge in [0.2, 0.25) is 11.8 Å². The number of nitrogens with two attached hydrogens (primary N) is 1. The molecule has 2 amide bonds. The fourth-order valence-corrected chi connectivity index (χ4v) is 9.32. The lowest BCUT2D eigenvalue weighted by Gasteiger charge is -2.20.